The number of amides is 1. The minimum Gasteiger partial charge on any atom is -0.467 e. The first kappa shape index (κ1) is 18.3. The molecule has 1 aromatic carbocycles. The fourth-order valence-electron chi connectivity index (χ4n) is 3.87. The number of benzene rings is 1. The lowest BCUT2D eigenvalue weighted by atomic mass is 10.0. The normalized spacial score (nSPS) is 17.2. The summed E-state index contributed by atoms with van der Waals surface area (Å²) in [6.07, 6.45) is 3.59. The maximum atomic E-state index is 13.1. The molecular formula is C21H23N3O4. The zero-order valence-electron chi connectivity index (χ0n) is 15.8. The minimum absolute atomic E-state index is 0.0322. The van der Waals surface area contributed by atoms with E-state index in [1.807, 2.05) is 4.90 Å². The van der Waals surface area contributed by atoms with Crippen LogP contribution < -0.4 is 11.2 Å². The van der Waals surface area contributed by atoms with Crippen LogP contribution in [0.25, 0.3) is 10.9 Å². The van der Waals surface area contributed by atoms with Crippen LogP contribution in [0, 0.1) is 5.92 Å². The van der Waals surface area contributed by atoms with Crippen molar-refractivity contribution < 1.29 is 9.21 Å². The molecule has 3 aromatic rings. The third kappa shape index (κ3) is 3.40. The maximum absolute atomic E-state index is 13.1. The maximum Gasteiger partial charge on any atom is 0.332 e. The average molecular weight is 381 g/mol. The van der Waals surface area contributed by atoms with Crippen LogP contribution in [0.15, 0.2) is 56.7 Å². The number of hydrogen-bond donors (Lipinski definition) is 0. The van der Waals surface area contributed by atoms with E-state index in [1.165, 1.54) is 10.8 Å². The molecule has 0 aliphatic carbocycles. The summed E-state index contributed by atoms with van der Waals surface area (Å²) in [6.45, 7) is 3.50. The Hall–Kier alpha value is -3.09. The minimum atomic E-state index is -0.501. The van der Waals surface area contributed by atoms with E-state index >= 15 is 0 Å². The number of fused-ring (bicyclic) bond motifs is 1. The molecular weight excluding hydrogens is 358 g/mol. The molecule has 0 spiro atoms. The Kier molecular flexibility index (Phi) is 4.90. The summed E-state index contributed by atoms with van der Waals surface area (Å²) in [5, 5.41) is 0.411. The number of carbonyl (C=O) groups excluding carboxylic acids is 1. The van der Waals surface area contributed by atoms with Gasteiger partial charge in [-0.3, -0.25) is 18.7 Å². The summed E-state index contributed by atoms with van der Waals surface area (Å²) >= 11 is 0. The number of likely N-dealkylation sites (tertiary alicyclic amines) is 1. The first-order valence-corrected chi connectivity index (χ1v) is 9.57. The molecule has 1 aliphatic rings. The Bertz CT molecular complexity index is 1110. The first-order chi connectivity index (χ1) is 13.5. The molecule has 0 N–H and O–H groups in total. The largest absolute Gasteiger partial charge is 0.467 e. The summed E-state index contributed by atoms with van der Waals surface area (Å²) in [5.74, 6) is 0.873. The standard InChI is InChI=1S/C21H23N3O4/c1-15-6-4-10-22(12-15)19(25)14-23-18-9-3-2-8-17(18)20(26)24(21(23)27)13-16-7-5-11-28-16/h2-3,5,7-9,11,15H,4,6,10,12-14H2,1H3. The molecule has 0 saturated carbocycles. The molecule has 1 atom stereocenters. The second kappa shape index (κ2) is 7.50. The second-order valence-electron chi connectivity index (χ2n) is 7.44. The van der Waals surface area contributed by atoms with Crippen LogP contribution in [0.4, 0.5) is 0 Å². The van der Waals surface area contributed by atoms with Gasteiger partial charge in [0.25, 0.3) is 5.56 Å². The van der Waals surface area contributed by atoms with Gasteiger partial charge in [0.15, 0.2) is 0 Å². The Morgan fingerprint density at radius 3 is 2.71 bits per heavy atom. The molecule has 1 unspecified atom stereocenters. The van der Waals surface area contributed by atoms with Crippen molar-refractivity contribution in [3.8, 4) is 0 Å². The van der Waals surface area contributed by atoms with Crippen molar-refractivity contribution in [2.45, 2.75) is 32.9 Å². The summed E-state index contributed by atoms with van der Waals surface area (Å²) in [5.41, 5.74) is -0.405. The molecule has 1 fully saturated rings. The second-order valence-corrected chi connectivity index (χ2v) is 7.44. The van der Waals surface area contributed by atoms with E-state index in [0.29, 0.717) is 35.7 Å². The van der Waals surface area contributed by atoms with Gasteiger partial charge in [0.05, 0.1) is 23.7 Å². The molecule has 1 aliphatic heterocycles. The molecule has 4 rings (SSSR count). The number of nitrogens with zero attached hydrogens (tertiary/aromatic N) is 3. The zero-order valence-corrected chi connectivity index (χ0v) is 15.8. The Morgan fingerprint density at radius 2 is 1.96 bits per heavy atom. The van der Waals surface area contributed by atoms with Crippen LogP contribution in [-0.2, 0) is 17.9 Å². The number of aromatic nitrogens is 2. The number of piperidine rings is 1. The quantitative estimate of drug-likeness (QED) is 0.693. The Balaban J connectivity index is 1.77. The van der Waals surface area contributed by atoms with Crippen molar-refractivity contribution in [1.82, 2.24) is 14.0 Å². The smallest absolute Gasteiger partial charge is 0.332 e. The van der Waals surface area contributed by atoms with Gasteiger partial charge in [-0.05, 0) is 43.0 Å². The highest BCUT2D eigenvalue weighted by molar-refractivity contribution is 5.81. The van der Waals surface area contributed by atoms with Crippen molar-refractivity contribution in [3.05, 3.63) is 69.3 Å². The van der Waals surface area contributed by atoms with Gasteiger partial charge in [-0.2, -0.15) is 0 Å². The van der Waals surface area contributed by atoms with Gasteiger partial charge in [0.2, 0.25) is 5.91 Å². The first-order valence-electron chi connectivity index (χ1n) is 9.57. The van der Waals surface area contributed by atoms with E-state index in [-0.39, 0.29) is 24.6 Å². The van der Waals surface area contributed by atoms with Crippen LogP contribution in [-0.4, -0.2) is 33.0 Å². The molecule has 0 bridgehead atoms. The highest BCUT2D eigenvalue weighted by Gasteiger charge is 2.23. The van der Waals surface area contributed by atoms with E-state index in [4.69, 9.17) is 4.42 Å². The SMILES string of the molecule is CC1CCCN(C(=O)Cn2c(=O)n(Cc3ccco3)c(=O)c3ccccc32)C1. The molecule has 1 amide bonds. The predicted molar refractivity (Wildman–Crippen MR) is 105 cm³/mol. The van der Waals surface area contributed by atoms with Crippen LogP contribution in [0.2, 0.25) is 0 Å². The van der Waals surface area contributed by atoms with Crippen molar-refractivity contribution >= 4 is 16.8 Å². The van der Waals surface area contributed by atoms with Gasteiger partial charge < -0.3 is 9.32 Å². The highest BCUT2D eigenvalue weighted by atomic mass is 16.3. The van der Waals surface area contributed by atoms with Crippen LogP contribution in [0.1, 0.15) is 25.5 Å². The van der Waals surface area contributed by atoms with Gasteiger partial charge in [0.1, 0.15) is 12.3 Å². The number of para-hydroxylation sites is 1. The predicted octanol–water partition coefficient (Wildman–Crippen LogP) is 2.06. The van der Waals surface area contributed by atoms with Crippen molar-refractivity contribution in [1.29, 1.82) is 0 Å². The topological polar surface area (TPSA) is 77.5 Å². The lowest BCUT2D eigenvalue weighted by Gasteiger charge is -2.31. The van der Waals surface area contributed by atoms with Crippen molar-refractivity contribution in [3.63, 3.8) is 0 Å². The van der Waals surface area contributed by atoms with Crippen LogP contribution >= 0.6 is 0 Å². The van der Waals surface area contributed by atoms with Gasteiger partial charge >= 0.3 is 5.69 Å². The Morgan fingerprint density at radius 1 is 1.14 bits per heavy atom. The Labute approximate surface area is 161 Å². The fourth-order valence-corrected chi connectivity index (χ4v) is 3.87. The number of furan rings is 1. The number of hydrogen-bond acceptors (Lipinski definition) is 4. The van der Waals surface area contributed by atoms with E-state index in [1.54, 1.807) is 36.4 Å². The molecule has 0 radical (unpaired) electrons. The summed E-state index contributed by atoms with van der Waals surface area (Å²) in [4.78, 5) is 40.7. The molecule has 146 valence electrons. The van der Waals surface area contributed by atoms with E-state index in [2.05, 4.69) is 6.92 Å². The molecule has 2 aromatic heterocycles. The highest BCUT2D eigenvalue weighted by Crippen LogP contribution is 2.16. The van der Waals surface area contributed by atoms with Crippen molar-refractivity contribution in [2.24, 2.45) is 5.92 Å². The van der Waals surface area contributed by atoms with Gasteiger partial charge in [-0.1, -0.05) is 19.1 Å². The zero-order chi connectivity index (χ0) is 19.7. The van der Waals surface area contributed by atoms with Gasteiger partial charge in [-0.15, -0.1) is 0 Å². The van der Waals surface area contributed by atoms with E-state index in [9.17, 15) is 14.4 Å². The fraction of sp³-hybridized carbons (Fsp3) is 0.381. The lowest BCUT2D eigenvalue weighted by molar-refractivity contribution is -0.133. The van der Waals surface area contributed by atoms with Crippen LogP contribution in [0.3, 0.4) is 0 Å². The summed E-state index contributed by atoms with van der Waals surface area (Å²) in [6, 6.07) is 10.3. The molecule has 7 heteroatoms. The number of rotatable bonds is 4. The van der Waals surface area contributed by atoms with Crippen molar-refractivity contribution in [2.75, 3.05) is 13.1 Å². The molecule has 3 heterocycles. The lowest BCUT2D eigenvalue weighted by Crippen LogP contribution is -2.45. The summed E-state index contributed by atoms with van der Waals surface area (Å²) < 4.78 is 7.84. The molecule has 7 nitrogen and oxygen atoms in total. The van der Waals surface area contributed by atoms with E-state index in [0.717, 1.165) is 17.4 Å². The number of carbonyl (C=O) groups is 1. The monoisotopic (exact) mass is 381 g/mol. The third-order valence-electron chi connectivity index (χ3n) is 5.33. The molecule has 1 saturated heterocycles. The van der Waals surface area contributed by atoms with Crippen LogP contribution in [0.5, 0.6) is 0 Å². The summed E-state index contributed by atoms with van der Waals surface area (Å²) in [7, 11) is 0. The van der Waals surface area contributed by atoms with Gasteiger partial charge in [0, 0.05) is 13.1 Å². The molecule has 28 heavy (non-hydrogen) atoms. The average Bonchev–Trinajstić information content (AvgIpc) is 3.21. The van der Waals surface area contributed by atoms with E-state index < -0.39 is 5.69 Å². The third-order valence-corrected chi connectivity index (χ3v) is 5.33. The van der Waals surface area contributed by atoms with Gasteiger partial charge in [-0.25, -0.2) is 4.79 Å².